The molecule has 166 valence electrons. The number of amides is 2. The molecule has 1 aliphatic carbocycles. The molecule has 0 unspecified atom stereocenters. The van der Waals surface area contributed by atoms with Crippen LogP contribution in [0.25, 0.3) is 0 Å². The first-order valence-electron chi connectivity index (χ1n) is 11.3. The Morgan fingerprint density at radius 2 is 1.68 bits per heavy atom. The lowest BCUT2D eigenvalue weighted by Gasteiger charge is -2.31. The molecule has 3 rings (SSSR count). The normalized spacial score (nSPS) is 15.3. The highest BCUT2D eigenvalue weighted by molar-refractivity contribution is 7.99. The van der Waals surface area contributed by atoms with Crippen molar-refractivity contribution in [3.8, 4) is 0 Å². The van der Waals surface area contributed by atoms with E-state index in [1.54, 1.807) is 16.7 Å². The summed E-state index contributed by atoms with van der Waals surface area (Å²) >= 11 is 1.60. The van der Waals surface area contributed by atoms with E-state index in [-0.39, 0.29) is 17.9 Å². The van der Waals surface area contributed by atoms with Gasteiger partial charge < -0.3 is 10.2 Å². The van der Waals surface area contributed by atoms with Crippen molar-refractivity contribution in [3.63, 3.8) is 0 Å². The molecule has 2 amide bonds. The summed E-state index contributed by atoms with van der Waals surface area (Å²) in [5.74, 6) is 1.11. The summed E-state index contributed by atoms with van der Waals surface area (Å²) in [6.45, 7) is 4.35. The predicted octanol–water partition coefficient (Wildman–Crippen LogP) is 5.09. The fourth-order valence-corrected chi connectivity index (χ4v) is 4.83. The van der Waals surface area contributed by atoms with E-state index in [4.69, 9.17) is 0 Å². The molecule has 0 aliphatic heterocycles. The number of carbonyl (C=O) groups is 2. The maximum absolute atomic E-state index is 13.2. The SMILES string of the molecule is Cc1ccc(CN(C(=O)CSCc2ccccc2)[C@@H](C)C(=O)NC2CCCCC2)cc1. The largest absolute Gasteiger partial charge is 0.352 e. The quantitative estimate of drug-likeness (QED) is 0.593. The molecule has 2 aromatic rings. The fourth-order valence-electron chi connectivity index (χ4n) is 3.95. The molecule has 0 saturated heterocycles. The summed E-state index contributed by atoms with van der Waals surface area (Å²) in [5, 5.41) is 3.19. The number of rotatable bonds is 9. The Kier molecular flexibility index (Phi) is 9.01. The van der Waals surface area contributed by atoms with Crippen LogP contribution in [0.2, 0.25) is 0 Å². The third kappa shape index (κ3) is 7.42. The van der Waals surface area contributed by atoms with E-state index in [1.807, 2.05) is 44.2 Å². The highest BCUT2D eigenvalue weighted by atomic mass is 32.2. The predicted molar refractivity (Wildman–Crippen MR) is 129 cm³/mol. The second-order valence-electron chi connectivity index (χ2n) is 8.51. The highest BCUT2D eigenvalue weighted by Crippen LogP contribution is 2.19. The van der Waals surface area contributed by atoms with Crippen LogP contribution in [0.1, 0.15) is 55.7 Å². The van der Waals surface area contributed by atoms with Crippen molar-refractivity contribution in [1.29, 1.82) is 0 Å². The molecular formula is C26H34N2O2S. The van der Waals surface area contributed by atoms with E-state index >= 15 is 0 Å². The van der Waals surface area contributed by atoms with E-state index in [9.17, 15) is 9.59 Å². The molecular weight excluding hydrogens is 404 g/mol. The molecule has 0 radical (unpaired) electrons. The first-order chi connectivity index (χ1) is 15.0. The van der Waals surface area contributed by atoms with Gasteiger partial charge in [-0.3, -0.25) is 9.59 Å². The van der Waals surface area contributed by atoms with Crippen LogP contribution in [0.5, 0.6) is 0 Å². The van der Waals surface area contributed by atoms with Crippen molar-refractivity contribution in [1.82, 2.24) is 10.2 Å². The lowest BCUT2D eigenvalue weighted by atomic mass is 9.95. The molecule has 1 saturated carbocycles. The molecule has 0 heterocycles. The van der Waals surface area contributed by atoms with Crippen LogP contribution in [0, 0.1) is 6.92 Å². The molecule has 1 fully saturated rings. The van der Waals surface area contributed by atoms with Gasteiger partial charge in [-0.05, 0) is 37.8 Å². The van der Waals surface area contributed by atoms with Gasteiger partial charge in [0.1, 0.15) is 6.04 Å². The fraction of sp³-hybridized carbons (Fsp3) is 0.462. The van der Waals surface area contributed by atoms with Crippen LogP contribution in [-0.2, 0) is 21.9 Å². The van der Waals surface area contributed by atoms with Gasteiger partial charge in [0.15, 0.2) is 0 Å². The maximum atomic E-state index is 13.2. The molecule has 4 nitrogen and oxygen atoms in total. The number of thioether (sulfide) groups is 1. The van der Waals surface area contributed by atoms with Gasteiger partial charge in [-0.1, -0.05) is 79.4 Å². The smallest absolute Gasteiger partial charge is 0.242 e. The van der Waals surface area contributed by atoms with Crippen LogP contribution in [0.15, 0.2) is 54.6 Å². The van der Waals surface area contributed by atoms with Crippen LogP contribution in [-0.4, -0.2) is 34.6 Å². The number of hydrogen-bond donors (Lipinski definition) is 1. The van der Waals surface area contributed by atoms with Gasteiger partial charge in [-0.15, -0.1) is 11.8 Å². The Balaban J connectivity index is 1.64. The molecule has 1 atom stereocenters. The summed E-state index contributed by atoms with van der Waals surface area (Å²) in [6.07, 6.45) is 5.66. The average Bonchev–Trinajstić information content (AvgIpc) is 2.79. The van der Waals surface area contributed by atoms with Gasteiger partial charge in [0.05, 0.1) is 5.75 Å². The minimum absolute atomic E-state index is 0.00722. The number of carbonyl (C=O) groups excluding carboxylic acids is 2. The van der Waals surface area contributed by atoms with E-state index in [0.717, 1.165) is 24.2 Å². The minimum Gasteiger partial charge on any atom is -0.352 e. The number of benzene rings is 2. The third-order valence-electron chi connectivity index (χ3n) is 5.93. The summed E-state index contributed by atoms with van der Waals surface area (Å²) in [6, 6.07) is 18.1. The monoisotopic (exact) mass is 438 g/mol. The maximum Gasteiger partial charge on any atom is 0.242 e. The highest BCUT2D eigenvalue weighted by Gasteiger charge is 2.28. The summed E-state index contributed by atoms with van der Waals surface area (Å²) in [7, 11) is 0. The van der Waals surface area contributed by atoms with Gasteiger partial charge in [-0.25, -0.2) is 0 Å². The zero-order valence-corrected chi connectivity index (χ0v) is 19.5. The van der Waals surface area contributed by atoms with E-state index < -0.39 is 6.04 Å². The second kappa shape index (κ2) is 11.9. The molecule has 0 bridgehead atoms. The Hall–Kier alpha value is -2.27. The van der Waals surface area contributed by atoms with E-state index in [1.165, 1.54) is 30.4 Å². The Morgan fingerprint density at radius 3 is 2.35 bits per heavy atom. The van der Waals surface area contributed by atoms with Crippen LogP contribution < -0.4 is 5.32 Å². The number of hydrogen-bond acceptors (Lipinski definition) is 3. The molecule has 0 spiro atoms. The summed E-state index contributed by atoms with van der Waals surface area (Å²) in [5.41, 5.74) is 3.43. The van der Waals surface area contributed by atoms with Crippen molar-refractivity contribution in [2.45, 2.75) is 70.3 Å². The number of nitrogens with zero attached hydrogens (tertiary/aromatic N) is 1. The van der Waals surface area contributed by atoms with Crippen molar-refractivity contribution in [3.05, 3.63) is 71.3 Å². The zero-order chi connectivity index (χ0) is 22.1. The molecule has 1 aliphatic rings. The molecule has 31 heavy (non-hydrogen) atoms. The van der Waals surface area contributed by atoms with Crippen LogP contribution in [0.3, 0.4) is 0 Å². The second-order valence-corrected chi connectivity index (χ2v) is 9.49. The van der Waals surface area contributed by atoms with Crippen molar-refractivity contribution < 1.29 is 9.59 Å². The Morgan fingerprint density at radius 1 is 1.00 bits per heavy atom. The molecule has 5 heteroatoms. The summed E-state index contributed by atoms with van der Waals surface area (Å²) < 4.78 is 0. The molecule has 2 aromatic carbocycles. The van der Waals surface area contributed by atoms with E-state index in [0.29, 0.717) is 12.3 Å². The molecule has 1 N–H and O–H groups in total. The van der Waals surface area contributed by atoms with Crippen molar-refractivity contribution >= 4 is 23.6 Å². The van der Waals surface area contributed by atoms with Gasteiger partial charge in [0.25, 0.3) is 0 Å². The van der Waals surface area contributed by atoms with Gasteiger partial charge in [0.2, 0.25) is 11.8 Å². The Labute approximate surface area is 190 Å². The first kappa shape index (κ1) is 23.4. The van der Waals surface area contributed by atoms with Crippen LogP contribution >= 0.6 is 11.8 Å². The minimum atomic E-state index is -0.493. The lowest BCUT2D eigenvalue weighted by Crippen LogP contribution is -2.50. The third-order valence-corrected chi connectivity index (χ3v) is 6.92. The van der Waals surface area contributed by atoms with Gasteiger partial charge >= 0.3 is 0 Å². The van der Waals surface area contributed by atoms with Crippen molar-refractivity contribution in [2.75, 3.05) is 5.75 Å². The van der Waals surface area contributed by atoms with E-state index in [2.05, 4.69) is 29.6 Å². The topological polar surface area (TPSA) is 49.4 Å². The van der Waals surface area contributed by atoms with Gasteiger partial charge in [0, 0.05) is 18.3 Å². The molecule has 0 aromatic heterocycles. The Bertz CT molecular complexity index is 832. The van der Waals surface area contributed by atoms with Crippen molar-refractivity contribution in [2.24, 2.45) is 0 Å². The van der Waals surface area contributed by atoms with Crippen LogP contribution in [0.4, 0.5) is 0 Å². The number of nitrogens with one attached hydrogen (secondary N) is 1. The van der Waals surface area contributed by atoms with Gasteiger partial charge in [-0.2, -0.15) is 0 Å². The zero-order valence-electron chi connectivity index (χ0n) is 18.7. The standard InChI is InChI=1S/C26H34N2O2S/c1-20-13-15-22(16-14-20)17-28(21(2)26(30)27-24-11-7-4-8-12-24)25(29)19-31-18-23-9-5-3-6-10-23/h3,5-6,9-10,13-16,21,24H,4,7-8,11-12,17-19H2,1-2H3,(H,27,30)/t21-/m0/s1. The summed E-state index contributed by atoms with van der Waals surface area (Å²) in [4.78, 5) is 27.9. The lowest BCUT2D eigenvalue weighted by molar-refractivity contribution is -0.139. The first-order valence-corrected chi connectivity index (χ1v) is 12.5. The number of aryl methyl sites for hydroxylation is 1. The average molecular weight is 439 g/mol.